The van der Waals surface area contributed by atoms with E-state index in [2.05, 4.69) is 37.5 Å². The van der Waals surface area contributed by atoms with Crippen molar-refractivity contribution in [1.29, 1.82) is 0 Å². The number of amides is 1. The van der Waals surface area contributed by atoms with E-state index in [1.54, 1.807) is 13.1 Å². The Balaban J connectivity index is 1.50. The number of Topliss-reactive ketones (excluding diaryl/α,β-unsaturated/α-hetero) is 1. The van der Waals surface area contributed by atoms with Gasteiger partial charge in [0.25, 0.3) is 0 Å². The molecule has 0 bridgehead atoms. The number of pyridine rings is 1. The Hall–Kier alpha value is -4.22. The zero-order valence-corrected chi connectivity index (χ0v) is 21.8. The first-order valence-electron chi connectivity index (χ1n) is 12.6. The average Bonchev–Trinajstić information content (AvgIpc) is 3.34. The third-order valence-electron chi connectivity index (χ3n) is 6.08. The topological polar surface area (TPSA) is 140 Å². The van der Waals surface area contributed by atoms with Gasteiger partial charge in [-0.2, -0.15) is 13.2 Å². The fraction of sp³-hybridized carbons (Fsp3) is 0.423. The third kappa shape index (κ3) is 7.25. The Morgan fingerprint density at radius 1 is 1.18 bits per heavy atom. The summed E-state index contributed by atoms with van der Waals surface area (Å²) in [4.78, 5) is 33.6. The molecule has 3 aromatic heterocycles. The van der Waals surface area contributed by atoms with E-state index in [0.29, 0.717) is 57.3 Å². The van der Waals surface area contributed by atoms with E-state index in [0.717, 1.165) is 17.8 Å². The van der Waals surface area contributed by atoms with Crippen LogP contribution in [-0.2, 0) is 27.0 Å². The van der Waals surface area contributed by atoms with Crippen molar-refractivity contribution in [1.82, 2.24) is 30.2 Å². The fourth-order valence-corrected chi connectivity index (χ4v) is 4.18. The summed E-state index contributed by atoms with van der Waals surface area (Å²) in [5.41, 5.74) is 5.75. The molecule has 1 aliphatic rings. The molecule has 0 spiro atoms. The van der Waals surface area contributed by atoms with E-state index in [4.69, 9.17) is 10.5 Å². The van der Waals surface area contributed by atoms with Crippen LogP contribution in [0.5, 0.6) is 0 Å². The smallest absolute Gasteiger partial charge is 0.384 e. The number of hydrogen-bond donors (Lipinski definition) is 3. The lowest BCUT2D eigenvalue weighted by molar-refractivity contribution is -0.137. The predicted molar refractivity (Wildman–Crippen MR) is 141 cm³/mol. The van der Waals surface area contributed by atoms with Gasteiger partial charge in [-0.3, -0.25) is 9.59 Å². The molecule has 4 rings (SSSR count). The molecule has 40 heavy (non-hydrogen) atoms. The number of anilines is 2. The maximum Gasteiger partial charge on any atom is 0.417 e. The Morgan fingerprint density at radius 3 is 2.67 bits per heavy atom. The standard InChI is InChI=1S/C26H29F3N8O3/c1-2-3-18(38)4-5-23(39)32-7-6-31-14-17-12-21-25(36-8-10-40-11-9-36)34-24(35-37(21)16-17)19-15-33-22(30)13-20(19)26(27,28)29/h12-13,15-16,31H,4-11,14H2,1H3,(H2,30,33)(H,32,39). The van der Waals surface area contributed by atoms with Gasteiger partial charge in [0.05, 0.1) is 24.3 Å². The second-order valence-electron chi connectivity index (χ2n) is 9.01. The molecule has 3 aromatic rings. The number of nitrogens with zero attached hydrogens (tertiary/aromatic N) is 5. The quantitative estimate of drug-likeness (QED) is 0.193. The number of aromatic nitrogens is 4. The minimum Gasteiger partial charge on any atom is -0.384 e. The summed E-state index contributed by atoms with van der Waals surface area (Å²) in [5.74, 6) is 4.49. The number of ketones is 1. The molecule has 14 heteroatoms. The molecule has 4 N–H and O–H groups in total. The van der Waals surface area contributed by atoms with E-state index in [9.17, 15) is 22.8 Å². The molecule has 0 radical (unpaired) electrons. The number of rotatable bonds is 10. The SMILES string of the molecule is CC#CC(=O)CCC(=O)NCCNCc1cc2c(N3CCOCC3)nc(-c3cnc(N)cc3C(F)(F)F)nn2c1. The van der Waals surface area contributed by atoms with Gasteiger partial charge in [0, 0.05) is 58.0 Å². The molecule has 0 aromatic carbocycles. The number of carbonyl (C=O) groups is 2. The number of nitrogen functional groups attached to an aromatic ring is 1. The highest BCUT2D eigenvalue weighted by Gasteiger charge is 2.35. The van der Waals surface area contributed by atoms with Crippen LogP contribution in [0.25, 0.3) is 16.9 Å². The first-order valence-corrected chi connectivity index (χ1v) is 12.6. The van der Waals surface area contributed by atoms with Gasteiger partial charge in [0.1, 0.15) is 11.3 Å². The van der Waals surface area contributed by atoms with E-state index in [-0.39, 0.29) is 41.7 Å². The summed E-state index contributed by atoms with van der Waals surface area (Å²) in [6.07, 6.45) is -1.78. The van der Waals surface area contributed by atoms with Crippen molar-refractivity contribution >= 4 is 28.8 Å². The van der Waals surface area contributed by atoms with Crippen molar-refractivity contribution in [3.63, 3.8) is 0 Å². The lowest BCUT2D eigenvalue weighted by Gasteiger charge is -2.28. The number of nitrogens with one attached hydrogen (secondary N) is 2. The van der Waals surface area contributed by atoms with Gasteiger partial charge in [-0.25, -0.2) is 14.5 Å². The molecule has 0 atom stereocenters. The minimum atomic E-state index is -4.68. The van der Waals surface area contributed by atoms with Crippen molar-refractivity contribution in [2.45, 2.75) is 32.5 Å². The van der Waals surface area contributed by atoms with Gasteiger partial charge in [0.2, 0.25) is 11.7 Å². The highest BCUT2D eigenvalue weighted by Crippen LogP contribution is 2.37. The molecule has 1 saturated heterocycles. The number of nitrogens with two attached hydrogens (primary N) is 1. The zero-order valence-electron chi connectivity index (χ0n) is 21.8. The molecular weight excluding hydrogens is 529 g/mol. The third-order valence-corrected chi connectivity index (χ3v) is 6.08. The summed E-state index contributed by atoms with van der Waals surface area (Å²) in [5, 5.41) is 10.3. The highest BCUT2D eigenvalue weighted by atomic mass is 19.4. The lowest BCUT2D eigenvalue weighted by Crippen LogP contribution is -2.37. The first-order chi connectivity index (χ1) is 19.2. The molecule has 0 saturated carbocycles. The van der Waals surface area contributed by atoms with E-state index in [1.165, 1.54) is 4.52 Å². The van der Waals surface area contributed by atoms with Crippen molar-refractivity contribution in [3.8, 4) is 23.2 Å². The van der Waals surface area contributed by atoms with Crippen molar-refractivity contribution in [3.05, 3.63) is 35.7 Å². The molecule has 1 aliphatic heterocycles. The number of morpholine rings is 1. The molecule has 0 aliphatic carbocycles. The van der Waals surface area contributed by atoms with Gasteiger partial charge in [-0.05, 0) is 30.5 Å². The molecule has 1 amide bonds. The van der Waals surface area contributed by atoms with Crippen LogP contribution in [0.1, 0.15) is 30.9 Å². The Morgan fingerprint density at radius 2 is 1.95 bits per heavy atom. The number of carbonyl (C=O) groups excluding carboxylic acids is 2. The molecule has 4 heterocycles. The van der Waals surface area contributed by atoms with Crippen molar-refractivity contribution < 1.29 is 27.5 Å². The van der Waals surface area contributed by atoms with E-state index < -0.39 is 11.7 Å². The number of hydrogen-bond acceptors (Lipinski definition) is 9. The summed E-state index contributed by atoms with van der Waals surface area (Å²) >= 11 is 0. The molecule has 0 unspecified atom stereocenters. The van der Waals surface area contributed by atoms with Crippen LogP contribution in [0.2, 0.25) is 0 Å². The Labute approximate surface area is 228 Å². The van der Waals surface area contributed by atoms with Gasteiger partial charge in [0.15, 0.2) is 11.6 Å². The minimum absolute atomic E-state index is 0.0722. The van der Waals surface area contributed by atoms with Gasteiger partial charge in [-0.15, -0.1) is 5.10 Å². The zero-order chi connectivity index (χ0) is 28.7. The number of ether oxygens (including phenoxy) is 1. The monoisotopic (exact) mass is 558 g/mol. The Kier molecular flexibility index (Phi) is 9.18. The summed E-state index contributed by atoms with van der Waals surface area (Å²) in [7, 11) is 0. The van der Waals surface area contributed by atoms with Crippen LogP contribution in [0.15, 0.2) is 24.5 Å². The first kappa shape index (κ1) is 28.8. The number of alkyl halides is 3. The van der Waals surface area contributed by atoms with Crippen molar-refractivity contribution in [2.75, 3.05) is 50.0 Å². The van der Waals surface area contributed by atoms with Gasteiger partial charge < -0.3 is 26.0 Å². The van der Waals surface area contributed by atoms with Crippen LogP contribution in [0.3, 0.4) is 0 Å². The largest absolute Gasteiger partial charge is 0.417 e. The van der Waals surface area contributed by atoms with E-state index in [1.807, 2.05) is 11.0 Å². The summed E-state index contributed by atoms with van der Waals surface area (Å²) < 4.78 is 48.4. The van der Waals surface area contributed by atoms with Crippen LogP contribution in [0.4, 0.5) is 24.8 Å². The second-order valence-corrected chi connectivity index (χ2v) is 9.01. The maximum absolute atomic E-state index is 13.8. The lowest BCUT2D eigenvalue weighted by atomic mass is 10.1. The van der Waals surface area contributed by atoms with Crippen LogP contribution in [-0.4, -0.2) is 70.7 Å². The molecule has 1 fully saturated rings. The second kappa shape index (κ2) is 12.8. The van der Waals surface area contributed by atoms with E-state index >= 15 is 0 Å². The maximum atomic E-state index is 13.8. The fourth-order valence-electron chi connectivity index (χ4n) is 4.18. The van der Waals surface area contributed by atoms with Crippen molar-refractivity contribution in [2.24, 2.45) is 0 Å². The number of fused-ring (bicyclic) bond motifs is 1. The molecule has 212 valence electrons. The van der Waals surface area contributed by atoms with Crippen LogP contribution >= 0.6 is 0 Å². The summed E-state index contributed by atoms with van der Waals surface area (Å²) in [6, 6.07) is 2.64. The normalized spacial score (nSPS) is 13.7. The van der Waals surface area contributed by atoms with Gasteiger partial charge in [-0.1, -0.05) is 5.92 Å². The molecular formula is C26H29F3N8O3. The number of halogens is 3. The average molecular weight is 559 g/mol. The van der Waals surface area contributed by atoms with Crippen LogP contribution in [0, 0.1) is 11.8 Å². The summed E-state index contributed by atoms with van der Waals surface area (Å²) in [6.45, 7) is 4.76. The Bertz CT molecular complexity index is 1440. The highest BCUT2D eigenvalue weighted by molar-refractivity contribution is 5.97. The van der Waals surface area contributed by atoms with Gasteiger partial charge >= 0.3 is 6.18 Å². The predicted octanol–water partition coefficient (Wildman–Crippen LogP) is 1.81. The molecule has 11 nitrogen and oxygen atoms in total. The van der Waals surface area contributed by atoms with Crippen LogP contribution < -0.4 is 21.3 Å².